The third-order valence-electron chi connectivity index (χ3n) is 4.82. The zero-order chi connectivity index (χ0) is 23.4. The molecular weight excluding hydrogens is 455 g/mol. The van der Waals surface area contributed by atoms with Crippen LogP contribution in [0.2, 0.25) is 0 Å². The Morgan fingerprint density at radius 1 is 1.18 bits per heavy atom. The molecule has 3 heterocycles. The molecule has 4 rings (SSSR count). The lowest BCUT2D eigenvalue weighted by Crippen LogP contribution is -2.37. The third-order valence-corrected chi connectivity index (χ3v) is 5.69. The number of alkyl halides is 3. The van der Waals surface area contributed by atoms with Crippen molar-refractivity contribution >= 4 is 40.8 Å². The summed E-state index contributed by atoms with van der Waals surface area (Å²) >= 11 is 1.35. The van der Waals surface area contributed by atoms with Gasteiger partial charge in [0, 0.05) is 52.2 Å². The SMILES string of the molecule is Cc1cc(Nc2cc(N3CCC3)nc(Sc3ccc(NC(=O)CCC(F)(F)F)cc3)n2)n[nH]1.[HH].[HH].[HH]. The third kappa shape index (κ3) is 6.60. The number of carbonyl (C=O) groups is 1. The summed E-state index contributed by atoms with van der Waals surface area (Å²) in [5, 5.41) is 13.3. The van der Waals surface area contributed by atoms with Crippen molar-refractivity contribution in [1.82, 2.24) is 20.2 Å². The first-order valence-corrected chi connectivity index (χ1v) is 11.1. The Bertz CT molecular complexity index is 1130. The lowest BCUT2D eigenvalue weighted by atomic mass is 10.2. The van der Waals surface area contributed by atoms with Gasteiger partial charge in [-0.1, -0.05) is 0 Å². The lowest BCUT2D eigenvalue weighted by Gasteiger charge is -2.32. The number of halogens is 3. The van der Waals surface area contributed by atoms with Crippen molar-refractivity contribution < 1.29 is 22.2 Å². The normalized spacial score (nSPS) is 13.5. The van der Waals surface area contributed by atoms with E-state index >= 15 is 0 Å². The van der Waals surface area contributed by atoms with Crippen LogP contribution in [0.1, 0.15) is 29.2 Å². The smallest absolute Gasteiger partial charge is 0.356 e. The van der Waals surface area contributed by atoms with Crippen molar-refractivity contribution in [2.24, 2.45) is 0 Å². The second-order valence-electron chi connectivity index (χ2n) is 7.59. The van der Waals surface area contributed by atoms with E-state index in [0.717, 1.165) is 35.9 Å². The second-order valence-corrected chi connectivity index (χ2v) is 8.63. The number of aromatic nitrogens is 4. The lowest BCUT2D eigenvalue weighted by molar-refractivity contribution is -0.142. The van der Waals surface area contributed by atoms with Gasteiger partial charge < -0.3 is 15.5 Å². The number of aromatic amines is 1. The van der Waals surface area contributed by atoms with Gasteiger partial charge >= 0.3 is 6.18 Å². The fourth-order valence-corrected chi connectivity index (χ4v) is 3.80. The van der Waals surface area contributed by atoms with E-state index < -0.39 is 24.9 Å². The number of benzene rings is 1. The van der Waals surface area contributed by atoms with Crippen LogP contribution < -0.4 is 15.5 Å². The molecule has 1 aliphatic heterocycles. The van der Waals surface area contributed by atoms with Gasteiger partial charge in [-0.15, -0.1) is 0 Å². The predicted octanol–water partition coefficient (Wildman–Crippen LogP) is 5.63. The van der Waals surface area contributed by atoms with Crippen molar-refractivity contribution in [3.8, 4) is 0 Å². The summed E-state index contributed by atoms with van der Waals surface area (Å²) in [4.78, 5) is 23.9. The van der Waals surface area contributed by atoms with Gasteiger partial charge in [0.1, 0.15) is 11.6 Å². The maximum atomic E-state index is 12.3. The fraction of sp³-hybridized carbons (Fsp3) is 0.333. The quantitative estimate of drug-likeness (QED) is 0.357. The van der Waals surface area contributed by atoms with Gasteiger partial charge in [0.05, 0.1) is 6.42 Å². The Kier molecular flexibility index (Phi) is 6.72. The monoisotopic (exact) mass is 483 g/mol. The number of carbonyl (C=O) groups excluding carboxylic acids is 1. The Labute approximate surface area is 196 Å². The van der Waals surface area contributed by atoms with Gasteiger partial charge in [0.15, 0.2) is 11.0 Å². The van der Waals surface area contributed by atoms with Crippen LogP contribution in [-0.2, 0) is 4.79 Å². The molecule has 1 amide bonds. The average Bonchev–Trinajstić information content (AvgIpc) is 3.10. The number of aryl methyl sites for hydroxylation is 1. The van der Waals surface area contributed by atoms with Crippen molar-refractivity contribution in [2.45, 2.75) is 42.4 Å². The summed E-state index contributed by atoms with van der Waals surface area (Å²) in [6.45, 7) is 3.78. The molecule has 0 radical (unpaired) electrons. The molecule has 2 aromatic heterocycles. The van der Waals surface area contributed by atoms with E-state index in [2.05, 4.69) is 35.7 Å². The minimum atomic E-state index is -4.36. The maximum Gasteiger partial charge on any atom is 0.389 e. The molecule has 3 aromatic rings. The largest absolute Gasteiger partial charge is 0.389 e. The van der Waals surface area contributed by atoms with Crippen LogP contribution in [0.5, 0.6) is 0 Å². The number of rotatable bonds is 8. The summed E-state index contributed by atoms with van der Waals surface area (Å²) in [6, 6.07) is 10.5. The van der Waals surface area contributed by atoms with E-state index in [1.807, 2.05) is 19.1 Å². The van der Waals surface area contributed by atoms with E-state index in [9.17, 15) is 18.0 Å². The molecule has 0 atom stereocenters. The standard InChI is InChI=1S/C21H22F3N7OS.3H2/c1-13-11-17(30-29-13)26-16-12-18(31-9-2-10-31)28-20(27-16)33-15-5-3-14(4-6-15)25-19(32)7-8-21(22,23)24;;;/h3-6,11-12H,2,7-10H2,1H3,(H,25,32)(H2,26,27,28,29,30);3*1H. The van der Waals surface area contributed by atoms with E-state index in [1.54, 1.807) is 24.3 Å². The molecule has 3 N–H and O–H groups in total. The molecule has 33 heavy (non-hydrogen) atoms. The Morgan fingerprint density at radius 3 is 2.55 bits per heavy atom. The highest BCUT2D eigenvalue weighted by molar-refractivity contribution is 7.99. The van der Waals surface area contributed by atoms with Crippen LogP contribution in [0.4, 0.5) is 36.3 Å². The van der Waals surface area contributed by atoms with Crippen molar-refractivity contribution in [3.05, 3.63) is 42.1 Å². The number of anilines is 4. The fourth-order valence-electron chi connectivity index (χ4n) is 3.03. The molecule has 0 spiro atoms. The Morgan fingerprint density at radius 2 is 1.94 bits per heavy atom. The van der Waals surface area contributed by atoms with Crippen LogP contribution >= 0.6 is 11.8 Å². The summed E-state index contributed by atoms with van der Waals surface area (Å²) in [5.74, 6) is 1.42. The van der Waals surface area contributed by atoms with Crippen LogP contribution in [-0.4, -0.2) is 45.3 Å². The molecule has 1 aliphatic rings. The molecular formula is C21H28F3N7OS. The van der Waals surface area contributed by atoms with Gasteiger partial charge in [-0.3, -0.25) is 9.89 Å². The molecule has 0 unspecified atom stereocenters. The summed E-state index contributed by atoms with van der Waals surface area (Å²) in [7, 11) is 0. The minimum Gasteiger partial charge on any atom is -0.356 e. The Hall–Kier alpha value is -3.28. The molecule has 180 valence electrons. The van der Waals surface area contributed by atoms with Gasteiger partial charge in [0.25, 0.3) is 0 Å². The van der Waals surface area contributed by atoms with E-state index in [4.69, 9.17) is 0 Å². The molecule has 0 aliphatic carbocycles. The highest BCUT2D eigenvalue weighted by Crippen LogP contribution is 2.31. The highest BCUT2D eigenvalue weighted by atomic mass is 32.2. The number of hydrogen-bond donors (Lipinski definition) is 3. The number of H-pyrrole nitrogens is 1. The van der Waals surface area contributed by atoms with E-state index in [0.29, 0.717) is 22.5 Å². The number of nitrogens with one attached hydrogen (secondary N) is 3. The molecule has 12 heteroatoms. The summed E-state index contributed by atoms with van der Waals surface area (Å²) in [5.41, 5.74) is 1.35. The van der Waals surface area contributed by atoms with E-state index in [1.165, 1.54) is 11.8 Å². The first kappa shape index (κ1) is 22.9. The summed E-state index contributed by atoms with van der Waals surface area (Å²) < 4.78 is 36.8. The Balaban J connectivity index is 0.00000216. The van der Waals surface area contributed by atoms with Crippen molar-refractivity contribution in [2.75, 3.05) is 28.6 Å². The van der Waals surface area contributed by atoms with Gasteiger partial charge in [-0.2, -0.15) is 18.3 Å². The first-order valence-electron chi connectivity index (χ1n) is 10.3. The molecule has 8 nitrogen and oxygen atoms in total. The predicted molar refractivity (Wildman–Crippen MR) is 126 cm³/mol. The number of amides is 1. The topological polar surface area (TPSA) is 98.8 Å². The number of hydrogen-bond acceptors (Lipinski definition) is 7. The molecule has 1 aromatic carbocycles. The maximum absolute atomic E-state index is 12.3. The van der Waals surface area contributed by atoms with Crippen molar-refractivity contribution in [1.29, 1.82) is 0 Å². The van der Waals surface area contributed by atoms with Crippen LogP contribution in [0.15, 0.2) is 46.5 Å². The highest BCUT2D eigenvalue weighted by Gasteiger charge is 2.27. The van der Waals surface area contributed by atoms with E-state index in [-0.39, 0.29) is 4.28 Å². The zero-order valence-electron chi connectivity index (χ0n) is 17.7. The van der Waals surface area contributed by atoms with Gasteiger partial charge in [-0.25, -0.2) is 9.97 Å². The van der Waals surface area contributed by atoms with Gasteiger partial charge in [0.2, 0.25) is 5.91 Å². The number of nitrogens with zero attached hydrogens (tertiary/aromatic N) is 4. The zero-order valence-corrected chi connectivity index (χ0v) is 18.6. The van der Waals surface area contributed by atoms with Crippen LogP contribution in [0.3, 0.4) is 0 Å². The first-order chi connectivity index (χ1) is 15.7. The minimum absolute atomic E-state index is 0. The molecule has 0 bridgehead atoms. The van der Waals surface area contributed by atoms with Crippen molar-refractivity contribution in [3.63, 3.8) is 0 Å². The second kappa shape index (κ2) is 9.69. The van der Waals surface area contributed by atoms with Crippen LogP contribution in [0, 0.1) is 6.92 Å². The van der Waals surface area contributed by atoms with Gasteiger partial charge in [-0.05, 0) is 49.4 Å². The molecule has 1 fully saturated rings. The summed E-state index contributed by atoms with van der Waals surface area (Å²) in [6.07, 6.45) is -5.00. The average molecular weight is 484 g/mol. The molecule has 1 saturated heterocycles. The molecule has 0 saturated carbocycles. The van der Waals surface area contributed by atoms with Crippen LogP contribution in [0.25, 0.3) is 0 Å².